The average Bonchev–Trinajstić information content (AvgIpc) is 2.50. The van der Waals surface area contributed by atoms with E-state index in [4.69, 9.17) is 10.3 Å². The van der Waals surface area contributed by atoms with Crippen LogP contribution in [0.2, 0.25) is 0 Å². The van der Waals surface area contributed by atoms with Gasteiger partial charge >= 0.3 is 5.97 Å². The number of ether oxygens (including phenoxy) is 1. The lowest BCUT2D eigenvalue weighted by atomic mass is 10.2. The summed E-state index contributed by atoms with van der Waals surface area (Å²) in [7, 11) is 0. The Kier molecular flexibility index (Phi) is 2.91. The van der Waals surface area contributed by atoms with Gasteiger partial charge in [0.15, 0.2) is 6.20 Å². The third-order valence-corrected chi connectivity index (χ3v) is 1.22. The number of nitrogens with zero attached hydrogens (tertiary/aromatic N) is 6. The van der Waals surface area contributed by atoms with Crippen molar-refractivity contribution in [1.29, 1.82) is 0 Å². The Morgan fingerprint density at radius 1 is 1.67 bits per heavy atom. The summed E-state index contributed by atoms with van der Waals surface area (Å²) in [5.41, 5.74) is 7.51. The van der Waals surface area contributed by atoms with Crippen molar-refractivity contribution >= 4 is 5.97 Å². The van der Waals surface area contributed by atoms with Gasteiger partial charge in [0.2, 0.25) is 5.69 Å². The summed E-state index contributed by atoms with van der Waals surface area (Å²) in [4.78, 5) is 14.7. The highest BCUT2D eigenvalue weighted by Crippen LogP contribution is 2.10. The van der Waals surface area contributed by atoms with Crippen molar-refractivity contribution in [3.05, 3.63) is 22.3 Å². The van der Waals surface area contributed by atoms with E-state index in [1.807, 2.05) is 0 Å². The van der Waals surface area contributed by atoms with Crippen molar-refractivity contribution in [2.24, 2.45) is 5.22 Å². The molecule has 0 aliphatic carbocycles. The highest BCUT2D eigenvalue weighted by Gasteiger charge is 2.21. The Bertz CT molecular complexity index is 411. The molecule has 1 aromatic rings. The summed E-state index contributed by atoms with van der Waals surface area (Å²) in [6.07, 6.45) is 1.19. The first-order chi connectivity index (χ1) is 6.92. The first kappa shape index (κ1) is 11.0. The summed E-state index contributed by atoms with van der Waals surface area (Å²) in [6, 6.07) is 0. The molecule has 0 atom stereocenters. The minimum atomic E-state index is -0.609. The van der Waals surface area contributed by atoms with E-state index in [9.17, 15) is 4.79 Å². The van der Waals surface area contributed by atoms with Crippen LogP contribution in [0.15, 0.2) is 11.4 Å². The average molecular weight is 210 g/mol. The predicted octanol–water partition coefficient (Wildman–Crippen LogP) is 1.31. The second-order valence-electron chi connectivity index (χ2n) is 3.70. The molecular formula is C7H10N6O2. The summed E-state index contributed by atoms with van der Waals surface area (Å²) >= 11 is 0. The Morgan fingerprint density at radius 2 is 2.33 bits per heavy atom. The zero-order valence-corrected chi connectivity index (χ0v) is 8.58. The Balaban J connectivity index is 2.79. The van der Waals surface area contributed by atoms with E-state index in [-0.39, 0.29) is 5.69 Å². The van der Waals surface area contributed by atoms with Crippen LogP contribution in [0.4, 0.5) is 0 Å². The summed E-state index contributed by atoms with van der Waals surface area (Å²) in [5.74, 6) is -0.609. The van der Waals surface area contributed by atoms with E-state index in [2.05, 4.69) is 20.4 Å². The summed E-state index contributed by atoms with van der Waals surface area (Å²) in [6.45, 7) is 5.22. The van der Waals surface area contributed by atoms with Crippen LogP contribution in [0.1, 0.15) is 31.3 Å². The first-order valence-corrected chi connectivity index (χ1v) is 4.13. The van der Waals surface area contributed by atoms with Crippen LogP contribution in [0.3, 0.4) is 0 Å². The quantitative estimate of drug-likeness (QED) is 0.317. The lowest BCUT2D eigenvalue weighted by Crippen LogP contribution is -2.24. The largest absolute Gasteiger partial charge is 0.455 e. The molecular weight excluding hydrogens is 200 g/mol. The van der Waals surface area contributed by atoms with Gasteiger partial charge in [-0.05, 0) is 20.8 Å². The molecule has 0 aromatic carbocycles. The number of esters is 1. The molecule has 0 N–H and O–H groups in total. The number of rotatable bonds is 2. The lowest BCUT2D eigenvalue weighted by Gasteiger charge is -2.17. The third-order valence-electron chi connectivity index (χ3n) is 1.22. The molecule has 0 unspecified atom stereocenters. The molecule has 0 saturated heterocycles. The summed E-state index contributed by atoms with van der Waals surface area (Å²) < 4.78 is 5.03. The Labute approximate surface area is 85.4 Å². The molecule has 0 aliphatic rings. The molecule has 0 saturated carbocycles. The van der Waals surface area contributed by atoms with Gasteiger partial charge in [0.25, 0.3) is 0 Å². The number of hydrogen-bond donors (Lipinski definition) is 0. The molecule has 0 amide bonds. The van der Waals surface area contributed by atoms with E-state index < -0.39 is 11.6 Å². The van der Waals surface area contributed by atoms with Crippen molar-refractivity contribution in [3.8, 4) is 0 Å². The molecule has 80 valence electrons. The molecule has 0 bridgehead atoms. The zero-order chi connectivity index (χ0) is 11.5. The van der Waals surface area contributed by atoms with Gasteiger partial charge in [-0.3, -0.25) is 0 Å². The molecule has 8 nitrogen and oxygen atoms in total. The minimum absolute atomic E-state index is 0.00248. The molecule has 1 aromatic heterocycles. The molecule has 1 heterocycles. The van der Waals surface area contributed by atoms with Crippen LogP contribution in [0.25, 0.3) is 10.4 Å². The number of carbonyl (C=O) groups excluding carboxylic acids is 1. The van der Waals surface area contributed by atoms with Crippen molar-refractivity contribution in [1.82, 2.24) is 15.1 Å². The van der Waals surface area contributed by atoms with Crippen LogP contribution in [0.5, 0.6) is 0 Å². The Hall–Kier alpha value is -2.08. The van der Waals surface area contributed by atoms with Crippen LogP contribution < -0.4 is 0 Å². The minimum Gasteiger partial charge on any atom is -0.455 e. The van der Waals surface area contributed by atoms with Gasteiger partial charge in [0.1, 0.15) is 5.60 Å². The Morgan fingerprint density at radius 3 is 2.87 bits per heavy atom. The molecule has 15 heavy (non-hydrogen) atoms. The van der Waals surface area contributed by atoms with Crippen molar-refractivity contribution in [2.75, 3.05) is 0 Å². The molecule has 1 rings (SSSR count). The third kappa shape index (κ3) is 3.28. The molecule has 8 heteroatoms. The van der Waals surface area contributed by atoms with Crippen LogP contribution in [-0.4, -0.2) is 26.7 Å². The second-order valence-corrected chi connectivity index (χ2v) is 3.70. The van der Waals surface area contributed by atoms with Gasteiger partial charge in [0, 0.05) is 10.4 Å². The fourth-order valence-corrected chi connectivity index (χ4v) is 0.764. The maximum atomic E-state index is 11.4. The SMILES string of the molecule is CC(C)(C)OC(=O)c1cn(N=[N+]=[N-])nn1. The topological polar surface area (TPSA) is 106 Å². The van der Waals surface area contributed by atoms with Crippen molar-refractivity contribution in [3.63, 3.8) is 0 Å². The molecule has 0 fully saturated rings. The fourth-order valence-electron chi connectivity index (χ4n) is 0.764. The highest BCUT2D eigenvalue weighted by atomic mass is 16.6. The highest BCUT2D eigenvalue weighted by molar-refractivity contribution is 5.86. The number of hydrogen-bond acceptors (Lipinski definition) is 5. The molecule has 0 aliphatic heterocycles. The standard InChI is InChI=1S/C7H10N6O2/c1-7(2,3)15-6(14)5-4-13(11-9-5)12-10-8/h4H,1-3H3. The fraction of sp³-hybridized carbons (Fsp3) is 0.571. The van der Waals surface area contributed by atoms with Gasteiger partial charge in [0.05, 0.1) is 0 Å². The van der Waals surface area contributed by atoms with Crippen LogP contribution in [0, 0.1) is 0 Å². The smallest absolute Gasteiger partial charge is 0.363 e. The van der Waals surface area contributed by atoms with E-state index in [0.29, 0.717) is 0 Å². The first-order valence-electron chi connectivity index (χ1n) is 4.13. The van der Waals surface area contributed by atoms with Crippen LogP contribution >= 0.6 is 0 Å². The van der Waals surface area contributed by atoms with Crippen LogP contribution in [-0.2, 0) is 4.74 Å². The van der Waals surface area contributed by atoms with E-state index in [1.165, 1.54) is 6.20 Å². The van der Waals surface area contributed by atoms with E-state index >= 15 is 0 Å². The van der Waals surface area contributed by atoms with E-state index in [0.717, 1.165) is 4.79 Å². The van der Waals surface area contributed by atoms with Gasteiger partial charge in [-0.1, -0.05) is 9.89 Å². The summed E-state index contributed by atoms with van der Waals surface area (Å²) in [5, 5.41) is 10.0. The second kappa shape index (κ2) is 3.97. The van der Waals surface area contributed by atoms with Crippen molar-refractivity contribution in [2.45, 2.75) is 26.4 Å². The maximum absolute atomic E-state index is 11.4. The van der Waals surface area contributed by atoms with Gasteiger partial charge in [-0.15, -0.1) is 5.53 Å². The lowest BCUT2D eigenvalue weighted by molar-refractivity contribution is 0.00627. The van der Waals surface area contributed by atoms with Gasteiger partial charge in [-0.25, -0.2) is 4.79 Å². The van der Waals surface area contributed by atoms with Gasteiger partial charge < -0.3 is 4.74 Å². The normalized spacial score (nSPS) is 10.6. The van der Waals surface area contributed by atoms with Gasteiger partial charge in [-0.2, -0.15) is 4.91 Å². The molecule has 0 radical (unpaired) electrons. The number of carbonyl (C=O) groups is 1. The van der Waals surface area contributed by atoms with E-state index in [1.54, 1.807) is 20.8 Å². The monoisotopic (exact) mass is 210 g/mol. The number of azide groups is 1. The predicted molar refractivity (Wildman–Crippen MR) is 49.7 cm³/mol. The maximum Gasteiger partial charge on any atom is 0.363 e. The molecule has 0 spiro atoms. The zero-order valence-electron chi connectivity index (χ0n) is 8.58. The van der Waals surface area contributed by atoms with Crippen molar-refractivity contribution < 1.29 is 9.53 Å². The number of aromatic nitrogens is 3.